The lowest BCUT2D eigenvalue weighted by atomic mass is 9.93. The first-order chi connectivity index (χ1) is 15.5. The molecule has 1 atom stereocenters. The number of aromatic nitrogens is 2. The molecule has 3 N–H and O–H groups in total. The maximum absolute atomic E-state index is 13.9. The number of rotatable bonds is 3. The van der Waals surface area contributed by atoms with Crippen LogP contribution in [0.3, 0.4) is 0 Å². The van der Waals surface area contributed by atoms with E-state index in [1.54, 1.807) is 4.68 Å². The summed E-state index contributed by atoms with van der Waals surface area (Å²) in [6.07, 6.45) is -1.73. The summed E-state index contributed by atoms with van der Waals surface area (Å²) in [4.78, 5) is 26.3. The zero-order valence-corrected chi connectivity index (χ0v) is 17.8. The van der Waals surface area contributed by atoms with E-state index in [0.29, 0.717) is 5.69 Å². The van der Waals surface area contributed by atoms with E-state index in [1.165, 1.54) is 17.1 Å². The molecular weight excluding hydrogens is 466 g/mol. The van der Waals surface area contributed by atoms with Gasteiger partial charge in [-0.3, -0.25) is 9.48 Å². The van der Waals surface area contributed by atoms with Gasteiger partial charge in [-0.2, -0.15) is 18.3 Å². The van der Waals surface area contributed by atoms with Gasteiger partial charge in [0.2, 0.25) is 0 Å². The zero-order valence-electron chi connectivity index (χ0n) is 17.0. The summed E-state index contributed by atoms with van der Waals surface area (Å²) in [6.45, 7) is 0.465. The van der Waals surface area contributed by atoms with E-state index in [-0.39, 0.29) is 48.0 Å². The highest BCUT2D eigenvalue weighted by Crippen LogP contribution is 2.36. The molecule has 174 valence electrons. The van der Waals surface area contributed by atoms with Gasteiger partial charge in [0, 0.05) is 23.2 Å². The van der Waals surface area contributed by atoms with E-state index in [1.807, 2.05) is 0 Å². The summed E-state index contributed by atoms with van der Waals surface area (Å²) in [5.41, 5.74) is 5.72. The number of hydrogen-bond donors (Lipinski definition) is 2. The average molecular weight is 484 g/mol. The molecule has 0 fully saturated rings. The van der Waals surface area contributed by atoms with Crippen molar-refractivity contribution < 1.29 is 27.2 Å². The Balaban J connectivity index is 1.54. The fourth-order valence-electron chi connectivity index (χ4n) is 3.88. The second-order valence-corrected chi connectivity index (χ2v) is 8.16. The Hall–Kier alpha value is -3.34. The van der Waals surface area contributed by atoms with Crippen molar-refractivity contribution in [2.75, 3.05) is 11.9 Å². The molecule has 33 heavy (non-hydrogen) atoms. The number of benzene rings is 1. The Morgan fingerprint density at radius 3 is 2.48 bits per heavy atom. The number of urea groups is 1. The number of hydrogen-bond acceptors (Lipinski definition) is 3. The number of carbonyl (C=O) groups is 2. The number of amides is 3. The van der Waals surface area contributed by atoms with Gasteiger partial charge in [-0.15, -0.1) is 0 Å². The number of nitrogens with zero attached hydrogens (tertiary/aromatic N) is 3. The van der Waals surface area contributed by atoms with Crippen LogP contribution in [-0.4, -0.2) is 33.2 Å². The number of alkyl halides is 3. The monoisotopic (exact) mass is 483 g/mol. The Bertz CT molecular complexity index is 1170. The molecule has 2 aromatic rings. The quantitative estimate of drug-likeness (QED) is 0.629. The highest BCUT2D eigenvalue weighted by molar-refractivity contribution is 6.29. The smallest absolute Gasteiger partial charge is 0.365 e. The molecule has 2 heterocycles. The highest BCUT2D eigenvalue weighted by Gasteiger charge is 2.33. The van der Waals surface area contributed by atoms with Gasteiger partial charge in [-0.05, 0) is 42.8 Å². The van der Waals surface area contributed by atoms with Gasteiger partial charge >= 0.3 is 12.2 Å². The average Bonchev–Trinajstić information content (AvgIpc) is 3.12. The molecule has 1 aliphatic carbocycles. The van der Waals surface area contributed by atoms with Crippen molar-refractivity contribution in [3.05, 3.63) is 69.8 Å². The summed E-state index contributed by atoms with van der Waals surface area (Å²) in [5.74, 6) is -1.90. The predicted octanol–water partition coefficient (Wildman–Crippen LogP) is 4.51. The van der Waals surface area contributed by atoms with Gasteiger partial charge in [0.25, 0.3) is 5.91 Å². The zero-order chi connectivity index (χ0) is 23.9. The number of nitrogens with one attached hydrogen (secondary N) is 1. The fraction of sp³-hybridized carbons (Fsp3) is 0.286. The summed E-state index contributed by atoms with van der Waals surface area (Å²) >= 11 is 6.00. The van der Waals surface area contributed by atoms with Crippen LogP contribution in [0, 0.1) is 0 Å². The number of anilines is 1. The van der Waals surface area contributed by atoms with E-state index in [0.717, 1.165) is 24.3 Å². The standard InChI is InChI=1S/C21H18ClF4N5O2/c22-13-7-11(8-14(23)9-13)18-17(19(27)32)16-10-30(5-6-31(16)29-18)20(33)28-15-3-1-12(2-4-15)21(24,25)26/h1-4,8-9,11H,5-7,10H2,(H2,27,32)(H,28,33). The van der Waals surface area contributed by atoms with Gasteiger partial charge in [-0.1, -0.05) is 11.6 Å². The number of halogens is 5. The molecule has 1 aromatic carbocycles. The van der Waals surface area contributed by atoms with E-state index >= 15 is 0 Å². The van der Waals surface area contributed by atoms with Crippen LogP contribution in [0.25, 0.3) is 0 Å². The van der Waals surface area contributed by atoms with Crippen LogP contribution < -0.4 is 11.1 Å². The van der Waals surface area contributed by atoms with Crippen LogP contribution in [0.4, 0.5) is 28.0 Å². The molecule has 2 aliphatic rings. The molecule has 7 nitrogen and oxygen atoms in total. The molecule has 3 amide bonds. The first-order valence-electron chi connectivity index (χ1n) is 9.89. The van der Waals surface area contributed by atoms with Crippen molar-refractivity contribution in [3.63, 3.8) is 0 Å². The third-order valence-corrected chi connectivity index (χ3v) is 5.69. The van der Waals surface area contributed by atoms with Gasteiger partial charge in [0.15, 0.2) is 0 Å². The second kappa shape index (κ2) is 8.54. The first-order valence-corrected chi connectivity index (χ1v) is 10.3. The van der Waals surface area contributed by atoms with Crippen molar-refractivity contribution in [1.82, 2.24) is 14.7 Å². The van der Waals surface area contributed by atoms with Gasteiger partial charge in [-0.25, -0.2) is 9.18 Å². The van der Waals surface area contributed by atoms with Gasteiger partial charge in [0.05, 0.1) is 35.6 Å². The molecule has 1 aliphatic heterocycles. The number of primary amides is 1. The molecule has 0 saturated heterocycles. The Morgan fingerprint density at radius 1 is 1.18 bits per heavy atom. The van der Waals surface area contributed by atoms with Crippen LogP contribution in [0.2, 0.25) is 0 Å². The third-order valence-electron chi connectivity index (χ3n) is 5.43. The molecule has 0 bridgehead atoms. The van der Waals surface area contributed by atoms with Crippen LogP contribution in [0.1, 0.15) is 39.6 Å². The van der Waals surface area contributed by atoms with Crippen LogP contribution >= 0.6 is 11.6 Å². The minimum Gasteiger partial charge on any atom is -0.365 e. The SMILES string of the molecule is NC(=O)c1c(C2C=C(F)C=C(Cl)C2)nn2c1CN(C(=O)Nc1ccc(C(F)(F)F)cc1)CC2. The molecular formula is C21H18ClF4N5O2. The number of nitrogens with two attached hydrogens (primary N) is 1. The van der Waals surface area contributed by atoms with Crippen LogP contribution in [0.15, 0.2) is 47.3 Å². The Labute approximate surface area is 190 Å². The van der Waals surface area contributed by atoms with E-state index in [9.17, 15) is 27.2 Å². The fourth-order valence-corrected chi connectivity index (χ4v) is 4.15. The largest absolute Gasteiger partial charge is 0.416 e. The molecule has 1 aromatic heterocycles. The lowest BCUT2D eigenvalue weighted by Gasteiger charge is -2.28. The normalized spacial score (nSPS) is 18.3. The number of fused-ring (bicyclic) bond motifs is 1. The van der Waals surface area contributed by atoms with Crippen molar-refractivity contribution in [2.45, 2.75) is 31.6 Å². The first kappa shape index (κ1) is 22.8. The summed E-state index contributed by atoms with van der Waals surface area (Å²) in [7, 11) is 0. The maximum Gasteiger partial charge on any atom is 0.416 e. The molecule has 4 rings (SSSR count). The minimum absolute atomic E-state index is 0.0137. The van der Waals surface area contributed by atoms with E-state index in [4.69, 9.17) is 17.3 Å². The summed E-state index contributed by atoms with van der Waals surface area (Å²) < 4.78 is 53.6. The predicted molar refractivity (Wildman–Crippen MR) is 112 cm³/mol. The summed E-state index contributed by atoms with van der Waals surface area (Å²) in [5, 5.41) is 7.25. The van der Waals surface area contributed by atoms with Gasteiger partial charge < -0.3 is 16.0 Å². The molecule has 0 spiro atoms. The van der Waals surface area contributed by atoms with Crippen LogP contribution in [0.5, 0.6) is 0 Å². The lowest BCUT2D eigenvalue weighted by Crippen LogP contribution is -2.41. The Morgan fingerprint density at radius 2 is 1.88 bits per heavy atom. The van der Waals surface area contributed by atoms with E-state index < -0.39 is 35.4 Å². The second-order valence-electron chi connectivity index (χ2n) is 7.67. The van der Waals surface area contributed by atoms with Crippen molar-refractivity contribution in [2.24, 2.45) is 5.73 Å². The van der Waals surface area contributed by atoms with E-state index in [2.05, 4.69) is 10.4 Å². The van der Waals surface area contributed by atoms with Crippen molar-refractivity contribution >= 4 is 29.2 Å². The van der Waals surface area contributed by atoms with Crippen LogP contribution in [-0.2, 0) is 19.3 Å². The number of allylic oxidation sites excluding steroid dienone is 4. The van der Waals surface area contributed by atoms with Gasteiger partial charge in [0.1, 0.15) is 5.83 Å². The lowest BCUT2D eigenvalue weighted by molar-refractivity contribution is -0.137. The molecule has 0 radical (unpaired) electrons. The van der Waals surface area contributed by atoms with Crippen molar-refractivity contribution in [1.29, 1.82) is 0 Å². The van der Waals surface area contributed by atoms with Crippen molar-refractivity contribution in [3.8, 4) is 0 Å². The maximum atomic E-state index is 13.9. The highest BCUT2D eigenvalue weighted by atomic mass is 35.5. The minimum atomic E-state index is -4.48. The Kier molecular flexibility index (Phi) is 5.91. The molecule has 0 saturated carbocycles. The molecule has 12 heteroatoms. The number of carbonyl (C=O) groups excluding carboxylic acids is 2. The summed E-state index contributed by atoms with van der Waals surface area (Å²) in [6, 6.07) is 3.49. The topological polar surface area (TPSA) is 93.2 Å². The third kappa shape index (κ3) is 4.72. The molecule has 1 unspecified atom stereocenters.